The van der Waals surface area contributed by atoms with E-state index in [-0.39, 0.29) is 11.9 Å². The lowest BCUT2D eigenvalue weighted by atomic mass is 10.0. The lowest BCUT2D eigenvalue weighted by Gasteiger charge is -2.18. The van der Waals surface area contributed by atoms with Crippen LogP contribution in [0.4, 0.5) is 4.39 Å². The second-order valence-electron chi connectivity index (χ2n) is 3.77. The van der Waals surface area contributed by atoms with Crippen molar-refractivity contribution in [2.24, 2.45) is 12.9 Å². The zero-order chi connectivity index (χ0) is 13.3. The molecule has 2 aromatic rings. The second kappa shape index (κ2) is 5.52. The van der Waals surface area contributed by atoms with Crippen LogP contribution in [-0.2, 0) is 7.05 Å². The van der Waals surface area contributed by atoms with Crippen molar-refractivity contribution in [2.75, 3.05) is 0 Å². The van der Waals surface area contributed by atoms with Gasteiger partial charge in [0.15, 0.2) is 0 Å². The molecule has 0 saturated carbocycles. The molecule has 96 valence electrons. The molecule has 18 heavy (non-hydrogen) atoms. The Bertz CT molecular complexity index is 553. The van der Waals surface area contributed by atoms with Crippen molar-refractivity contribution in [3.63, 3.8) is 0 Å². The summed E-state index contributed by atoms with van der Waals surface area (Å²) in [5, 5.41) is 4.58. The average Bonchev–Trinajstić information content (AvgIpc) is 2.64. The molecule has 0 spiro atoms. The van der Waals surface area contributed by atoms with Gasteiger partial charge in [0.05, 0.1) is 23.0 Å². The van der Waals surface area contributed by atoms with Crippen LogP contribution in [0.1, 0.15) is 17.3 Å². The van der Waals surface area contributed by atoms with Gasteiger partial charge in [-0.05, 0) is 40.3 Å². The van der Waals surface area contributed by atoms with Gasteiger partial charge in [-0.15, -0.1) is 0 Å². The minimum atomic E-state index is -0.336. The minimum absolute atomic E-state index is 0.282. The molecule has 0 bridgehead atoms. The normalized spacial score (nSPS) is 12.7. The lowest BCUT2D eigenvalue weighted by Crippen LogP contribution is -2.31. The third-order valence-electron chi connectivity index (χ3n) is 2.65. The summed E-state index contributed by atoms with van der Waals surface area (Å²) in [7, 11) is 1.78. The van der Waals surface area contributed by atoms with Crippen LogP contribution < -0.4 is 11.3 Å². The van der Waals surface area contributed by atoms with Crippen LogP contribution in [0, 0.1) is 9.39 Å². The Morgan fingerprint density at radius 3 is 2.78 bits per heavy atom. The van der Waals surface area contributed by atoms with Crippen molar-refractivity contribution in [2.45, 2.75) is 6.04 Å². The monoisotopic (exact) mass is 380 g/mol. The fraction of sp³-hybridized carbons (Fsp3) is 0.182. The largest absolute Gasteiger partial charge is 0.271 e. The first-order valence-electron chi connectivity index (χ1n) is 5.13. The molecular formula is C11H11ClFIN4. The molecule has 0 aliphatic rings. The summed E-state index contributed by atoms with van der Waals surface area (Å²) in [6.45, 7) is 0. The van der Waals surface area contributed by atoms with Gasteiger partial charge in [0.25, 0.3) is 0 Å². The predicted molar refractivity (Wildman–Crippen MR) is 76.5 cm³/mol. The van der Waals surface area contributed by atoms with E-state index in [1.54, 1.807) is 24.0 Å². The van der Waals surface area contributed by atoms with Gasteiger partial charge in [-0.3, -0.25) is 10.5 Å². The highest BCUT2D eigenvalue weighted by Crippen LogP contribution is 2.30. The van der Waals surface area contributed by atoms with Gasteiger partial charge in [-0.25, -0.2) is 9.82 Å². The number of nitrogens with one attached hydrogen (secondary N) is 1. The number of nitrogens with zero attached hydrogens (tertiary/aromatic N) is 2. The molecule has 0 aliphatic carbocycles. The number of hydrogen-bond acceptors (Lipinski definition) is 3. The van der Waals surface area contributed by atoms with E-state index in [2.05, 4.69) is 33.1 Å². The Morgan fingerprint density at radius 1 is 1.56 bits per heavy atom. The number of aromatic nitrogens is 2. The van der Waals surface area contributed by atoms with E-state index in [4.69, 9.17) is 17.4 Å². The standard InChI is InChI=1S/C11H11ClFIN4/c1-18-11(8(12)5-16-18)10(17-15)7-3-2-6(13)4-9(7)14/h2-5,10,17H,15H2,1H3. The first-order chi connectivity index (χ1) is 8.54. The van der Waals surface area contributed by atoms with Crippen molar-refractivity contribution < 1.29 is 4.39 Å². The smallest absolute Gasteiger partial charge is 0.124 e. The Morgan fingerprint density at radius 2 is 2.28 bits per heavy atom. The molecule has 7 heteroatoms. The molecule has 3 N–H and O–H groups in total. The number of hydrogen-bond donors (Lipinski definition) is 2. The number of rotatable bonds is 3. The molecule has 0 saturated heterocycles. The second-order valence-corrected chi connectivity index (χ2v) is 5.34. The third-order valence-corrected chi connectivity index (χ3v) is 3.88. The van der Waals surface area contributed by atoms with Crippen LogP contribution in [0.5, 0.6) is 0 Å². The van der Waals surface area contributed by atoms with E-state index in [1.807, 2.05) is 0 Å². The molecule has 4 nitrogen and oxygen atoms in total. The number of nitrogens with two attached hydrogens (primary N) is 1. The third kappa shape index (κ3) is 2.51. The van der Waals surface area contributed by atoms with Crippen LogP contribution in [0.3, 0.4) is 0 Å². The van der Waals surface area contributed by atoms with Crippen LogP contribution in [-0.4, -0.2) is 9.78 Å². The summed E-state index contributed by atoms with van der Waals surface area (Å²) in [5.74, 6) is 5.31. The van der Waals surface area contributed by atoms with Gasteiger partial charge >= 0.3 is 0 Å². The first kappa shape index (κ1) is 13.7. The Labute approximate surface area is 122 Å². The zero-order valence-corrected chi connectivity index (χ0v) is 12.4. The van der Waals surface area contributed by atoms with Gasteiger partial charge in [-0.2, -0.15) is 5.10 Å². The highest BCUT2D eigenvalue weighted by Gasteiger charge is 2.22. The van der Waals surface area contributed by atoms with E-state index < -0.39 is 0 Å². The maximum absolute atomic E-state index is 13.1. The summed E-state index contributed by atoms with van der Waals surface area (Å²) in [6.07, 6.45) is 1.55. The highest BCUT2D eigenvalue weighted by atomic mass is 127. The molecule has 0 amide bonds. The van der Waals surface area contributed by atoms with E-state index in [1.165, 1.54) is 12.1 Å². The predicted octanol–water partition coefficient (Wildman–Crippen LogP) is 2.37. The maximum Gasteiger partial charge on any atom is 0.124 e. The van der Waals surface area contributed by atoms with Crippen molar-refractivity contribution >= 4 is 34.2 Å². The molecule has 0 fully saturated rings. The molecule has 2 rings (SSSR count). The van der Waals surface area contributed by atoms with E-state index in [0.717, 1.165) is 14.8 Å². The van der Waals surface area contributed by atoms with Crippen LogP contribution in [0.25, 0.3) is 0 Å². The topological polar surface area (TPSA) is 55.9 Å². The van der Waals surface area contributed by atoms with Crippen LogP contribution in [0.2, 0.25) is 5.02 Å². The van der Waals surface area contributed by atoms with E-state index in [0.29, 0.717) is 5.02 Å². The molecule has 1 unspecified atom stereocenters. The summed E-state index contributed by atoms with van der Waals surface area (Å²) < 4.78 is 15.5. The molecule has 0 radical (unpaired) electrons. The summed E-state index contributed by atoms with van der Waals surface area (Å²) in [5.41, 5.74) is 4.28. The molecule has 1 aromatic carbocycles. The summed E-state index contributed by atoms with van der Waals surface area (Å²) in [6, 6.07) is 4.19. The molecule has 1 atom stereocenters. The van der Waals surface area contributed by atoms with Crippen LogP contribution >= 0.6 is 34.2 Å². The van der Waals surface area contributed by atoms with Gasteiger partial charge in [0.2, 0.25) is 0 Å². The van der Waals surface area contributed by atoms with Gasteiger partial charge in [-0.1, -0.05) is 17.7 Å². The van der Waals surface area contributed by atoms with Crippen molar-refractivity contribution in [1.82, 2.24) is 15.2 Å². The summed E-state index contributed by atoms with van der Waals surface area (Å²) >= 11 is 8.16. The number of aryl methyl sites for hydroxylation is 1. The molecular weight excluding hydrogens is 370 g/mol. The maximum atomic E-state index is 13.1. The van der Waals surface area contributed by atoms with Crippen LogP contribution in [0.15, 0.2) is 24.4 Å². The van der Waals surface area contributed by atoms with E-state index >= 15 is 0 Å². The fourth-order valence-corrected chi connectivity index (χ4v) is 2.86. The Hall–Kier alpha value is -0.700. The number of benzene rings is 1. The van der Waals surface area contributed by atoms with Crippen molar-refractivity contribution in [3.8, 4) is 0 Å². The van der Waals surface area contributed by atoms with Gasteiger partial charge in [0, 0.05) is 10.6 Å². The zero-order valence-electron chi connectivity index (χ0n) is 9.49. The SMILES string of the molecule is Cn1ncc(Cl)c1C(NN)c1ccc(F)cc1I. The average molecular weight is 381 g/mol. The van der Waals surface area contributed by atoms with Crippen molar-refractivity contribution in [1.29, 1.82) is 0 Å². The number of hydrazine groups is 1. The Kier molecular flexibility index (Phi) is 4.21. The van der Waals surface area contributed by atoms with Crippen molar-refractivity contribution in [3.05, 3.63) is 50.1 Å². The first-order valence-corrected chi connectivity index (χ1v) is 6.58. The van der Waals surface area contributed by atoms with Gasteiger partial charge in [0.1, 0.15) is 5.82 Å². The fourth-order valence-electron chi connectivity index (χ4n) is 1.80. The minimum Gasteiger partial charge on any atom is -0.271 e. The number of halogens is 3. The molecule has 0 aliphatic heterocycles. The quantitative estimate of drug-likeness (QED) is 0.488. The highest BCUT2D eigenvalue weighted by molar-refractivity contribution is 14.1. The molecule has 1 aromatic heterocycles. The molecule has 1 heterocycles. The van der Waals surface area contributed by atoms with E-state index in [9.17, 15) is 4.39 Å². The Balaban J connectivity index is 2.52. The summed E-state index contributed by atoms with van der Waals surface area (Å²) in [4.78, 5) is 0. The lowest BCUT2D eigenvalue weighted by molar-refractivity contribution is 0.570. The van der Waals surface area contributed by atoms with Gasteiger partial charge < -0.3 is 0 Å².